The number of halogens is 6. The Kier molecular flexibility index (Phi) is 12.5. The molecule has 1 aliphatic rings. The minimum atomic E-state index is -5.45. The van der Waals surface area contributed by atoms with E-state index in [1.807, 2.05) is 30.0 Å². The lowest BCUT2D eigenvalue weighted by Gasteiger charge is -2.43. The summed E-state index contributed by atoms with van der Waals surface area (Å²) in [5.74, 6) is -1.57. The third-order valence-corrected chi connectivity index (χ3v) is 10.4. The summed E-state index contributed by atoms with van der Waals surface area (Å²) >= 11 is 3.29. The smallest absolute Gasteiger partial charge is 0.453 e. The summed E-state index contributed by atoms with van der Waals surface area (Å²) in [4.78, 5) is 1.26. The van der Waals surface area contributed by atoms with Gasteiger partial charge in [-0.3, -0.25) is 0 Å². The molecule has 9 heteroatoms. The first kappa shape index (κ1) is 33.0. The fourth-order valence-corrected chi connectivity index (χ4v) is 7.75. The predicted molar refractivity (Wildman–Crippen MR) is 155 cm³/mol. The van der Waals surface area contributed by atoms with Gasteiger partial charge < -0.3 is 4.74 Å². The quantitative estimate of drug-likeness (QED) is 0.139. The number of hydrogen-bond donors (Lipinski definition) is 0. The monoisotopic (exact) mass is 606 g/mol. The molecule has 0 saturated heterocycles. The number of hydrogen-bond acceptors (Lipinski definition) is 3. The summed E-state index contributed by atoms with van der Waals surface area (Å²) in [6, 6.07) is 13.3. The molecule has 0 N–H and O–H groups in total. The van der Waals surface area contributed by atoms with Gasteiger partial charge in [-0.15, -0.1) is 11.8 Å². The third kappa shape index (κ3) is 9.01. The molecule has 2 unspecified atom stereocenters. The van der Waals surface area contributed by atoms with Gasteiger partial charge in [-0.05, 0) is 72.1 Å². The summed E-state index contributed by atoms with van der Waals surface area (Å²) in [7, 11) is 1.68. The highest BCUT2D eigenvalue weighted by Gasteiger charge is 2.56. The summed E-state index contributed by atoms with van der Waals surface area (Å²) in [6.07, 6.45) is 1.96. The lowest BCUT2D eigenvalue weighted by Crippen LogP contribution is -2.36. The fourth-order valence-electron chi connectivity index (χ4n) is 5.39. The molecule has 40 heavy (non-hydrogen) atoms. The van der Waals surface area contributed by atoms with Crippen LogP contribution in [0.25, 0.3) is 0 Å². The SMILES string of the molecule is COc1ccc2c(c1)SCC(C)(c1ccc(F)cc1)C2CCCCCCCCCSCCCC(F)(F)C(F)(F)F. The van der Waals surface area contributed by atoms with Gasteiger partial charge in [0.2, 0.25) is 0 Å². The molecule has 0 saturated carbocycles. The molecule has 1 nitrogen and oxygen atoms in total. The first-order valence-corrected chi connectivity index (χ1v) is 16.2. The Hall–Kier alpha value is -1.48. The molecule has 1 heterocycles. The van der Waals surface area contributed by atoms with Gasteiger partial charge in [0, 0.05) is 22.5 Å². The highest BCUT2D eigenvalue weighted by atomic mass is 32.2. The highest BCUT2D eigenvalue weighted by molar-refractivity contribution is 7.99. The van der Waals surface area contributed by atoms with E-state index < -0.39 is 18.5 Å². The normalized spacial score (nSPS) is 19.4. The van der Waals surface area contributed by atoms with Crippen LogP contribution in [0, 0.1) is 5.82 Å². The van der Waals surface area contributed by atoms with Crippen LogP contribution in [0.15, 0.2) is 47.4 Å². The van der Waals surface area contributed by atoms with E-state index in [0.717, 1.165) is 68.6 Å². The van der Waals surface area contributed by atoms with Crippen molar-refractivity contribution >= 4 is 23.5 Å². The van der Waals surface area contributed by atoms with Crippen molar-refractivity contribution in [2.75, 3.05) is 24.4 Å². The van der Waals surface area contributed by atoms with Crippen LogP contribution in [0.4, 0.5) is 26.3 Å². The van der Waals surface area contributed by atoms with Crippen LogP contribution in [0.3, 0.4) is 0 Å². The van der Waals surface area contributed by atoms with Crippen molar-refractivity contribution < 1.29 is 31.1 Å². The van der Waals surface area contributed by atoms with E-state index in [1.54, 1.807) is 19.2 Å². The molecule has 3 rings (SSSR count). The lowest BCUT2D eigenvalue weighted by molar-refractivity contribution is -0.284. The minimum absolute atomic E-state index is 0.0970. The molecule has 224 valence electrons. The van der Waals surface area contributed by atoms with E-state index in [0.29, 0.717) is 11.7 Å². The summed E-state index contributed by atoms with van der Waals surface area (Å²) < 4.78 is 81.5. The molecular formula is C31H40F6OS2. The van der Waals surface area contributed by atoms with Crippen molar-refractivity contribution in [2.45, 2.75) is 99.5 Å². The third-order valence-electron chi connectivity index (χ3n) is 7.87. The molecular weight excluding hydrogens is 566 g/mol. The second kappa shape index (κ2) is 15.1. The number of methoxy groups -OCH3 is 1. The molecule has 2 atom stereocenters. The molecule has 0 aliphatic carbocycles. The highest BCUT2D eigenvalue weighted by Crippen LogP contribution is 2.52. The molecule has 0 spiro atoms. The number of fused-ring (bicyclic) bond motifs is 1. The first-order valence-electron chi connectivity index (χ1n) is 14.1. The van der Waals surface area contributed by atoms with E-state index in [2.05, 4.69) is 19.1 Å². The van der Waals surface area contributed by atoms with Crippen LogP contribution in [-0.4, -0.2) is 36.5 Å². The fraction of sp³-hybridized carbons (Fsp3) is 0.613. The van der Waals surface area contributed by atoms with Crippen molar-refractivity contribution in [1.82, 2.24) is 0 Å². The number of alkyl halides is 5. The van der Waals surface area contributed by atoms with E-state index in [-0.39, 0.29) is 17.7 Å². The molecule has 1 aliphatic heterocycles. The maximum absolute atomic E-state index is 13.7. The molecule has 0 amide bonds. The number of benzene rings is 2. The Labute approximate surface area is 243 Å². The largest absolute Gasteiger partial charge is 0.497 e. The summed E-state index contributed by atoms with van der Waals surface area (Å²) in [6.45, 7) is 2.30. The summed E-state index contributed by atoms with van der Waals surface area (Å²) in [5, 5.41) is 0. The van der Waals surface area contributed by atoms with Crippen molar-refractivity contribution in [1.29, 1.82) is 0 Å². The second-order valence-electron chi connectivity index (χ2n) is 10.9. The zero-order valence-electron chi connectivity index (χ0n) is 23.3. The van der Waals surface area contributed by atoms with Gasteiger partial charge in [0.1, 0.15) is 11.6 Å². The number of thioether (sulfide) groups is 2. The first-order chi connectivity index (χ1) is 19.0. The van der Waals surface area contributed by atoms with E-state index in [4.69, 9.17) is 4.74 Å². The Morgan fingerprint density at radius 2 is 1.50 bits per heavy atom. The van der Waals surface area contributed by atoms with E-state index in [1.165, 1.54) is 27.8 Å². The average Bonchev–Trinajstić information content (AvgIpc) is 2.91. The van der Waals surface area contributed by atoms with Gasteiger partial charge in [0.15, 0.2) is 0 Å². The Balaban J connectivity index is 1.38. The maximum atomic E-state index is 13.7. The molecule has 2 aromatic carbocycles. The molecule has 0 fully saturated rings. The van der Waals surface area contributed by atoms with Crippen LogP contribution < -0.4 is 4.74 Å². The van der Waals surface area contributed by atoms with Crippen LogP contribution in [0.2, 0.25) is 0 Å². The van der Waals surface area contributed by atoms with Gasteiger partial charge in [-0.25, -0.2) is 4.39 Å². The van der Waals surface area contributed by atoms with Crippen molar-refractivity contribution in [2.24, 2.45) is 0 Å². The number of ether oxygens (including phenoxy) is 1. The van der Waals surface area contributed by atoms with Gasteiger partial charge in [-0.2, -0.15) is 33.7 Å². The van der Waals surface area contributed by atoms with E-state index >= 15 is 0 Å². The van der Waals surface area contributed by atoms with E-state index in [9.17, 15) is 26.3 Å². The van der Waals surface area contributed by atoms with Crippen LogP contribution >= 0.6 is 23.5 Å². The molecule has 0 aromatic heterocycles. The average molecular weight is 607 g/mol. The predicted octanol–water partition coefficient (Wildman–Crippen LogP) is 10.8. The molecule has 0 radical (unpaired) electrons. The Morgan fingerprint density at radius 3 is 2.15 bits per heavy atom. The zero-order chi connectivity index (χ0) is 29.2. The van der Waals surface area contributed by atoms with Gasteiger partial charge in [0.05, 0.1) is 7.11 Å². The van der Waals surface area contributed by atoms with Gasteiger partial charge >= 0.3 is 12.1 Å². The van der Waals surface area contributed by atoms with Crippen LogP contribution in [-0.2, 0) is 5.41 Å². The second-order valence-corrected chi connectivity index (χ2v) is 13.1. The molecule has 0 bridgehead atoms. The Morgan fingerprint density at radius 1 is 0.875 bits per heavy atom. The lowest BCUT2D eigenvalue weighted by atomic mass is 9.68. The van der Waals surface area contributed by atoms with Crippen molar-refractivity contribution in [3.05, 3.63) is 59.4 Å². The standard InChI is InChI=1S/C31H40F6OS2/c1-29(23-12-14-24(32)15-13-23)22-40-28-21-25(38-2)16-17-26(28)27(29)11-8-6-4-3-5-7-9-19-39-20-10-18-30(33,34)31(35,36)37/h12-17,21,27H,3-11,18-20,22H2,1-2H3. The minimum Gasteiger partial charge on any atom is -0.497 e. The topological polar surface area (TPSA) is 9.23 Å². The van der Waals surface area contributed by atoms with Crippen molar-refractivity contribution in [3.8, 4) is 5.75 Å². The van der Waals surface area contributed by atoms with Gasteiger partial charge in [0.25, 0.3) is 0 Å². The maximum Gasteiger partial charge on any atom is 0.453 e. The zero-order valence-corrected chi connectivity index (χ0v) is 24.9. The Bertz CT molecular complexity index is 1040. The van der Waals surface area contributed by atoms with Crippen molar-refractivity contribution in [3.63, 3.8) is 0 Å². The number of rotatable bonds is 16. The van der Waals surface area contributed by atoms with Gasteiger partial charge in [-0.1, -0.05) is 63.6 Å². The summed E-state index contributed by atoms with van der Waals surface area (Å²) in [5.41, 5.74) is 2.41. The number of unbranched alkanes of at least 4 members (excludes halogenated alkanes) is 6. The van der Waals surface area contributed by atoms with Crippen LogP contribution in [0.5, 0.6) is 5.75 Å². The molecule has 2 aromatic rings. The van der Waals surface area contributed by atoms with Crippen LogP contribution in [0.1, 0.15) is 88.2 Å².